The van der Waals surface area contributed by atoms with E-state index >= 15 is 0 Å². The number of amides is 1. The van der Waals surface area contributed by atoms with Gasteiger partial charge in [-0.15, -0.1) is 13.2 Å². The van der Waals surface area contributed by atoms with E-state index in [-0.39, 0.29) is 17.8 Å². The molecule has 0 aromatic rings. The van der Waals surface area contributed by atoms with Gasteiger partial charge in [-0.2, -0.15) is 0 Å². The normalized spacial score (nSPS) is 30.6. The average molecular weight is 410 g/mol. The number of thioether (sulfide) groups is 1. The highest BCUT2D eigenvalue weighted by molar-refractivity contribution is 8.14. The zero-order chi connectivity index (χ0) is 20.6. The first-order valence-electron chi connectivity index (χ1n) is 9.79. The van der Waals surface area contributed by atoms with Crippen molar-refractivity contribution in [2.24, 2.45) is 0 Å². The Balaban J connectivity index is 2.04. The van der Waals surface area contributed by atoms with Gasteiger partial charge in [0.25, 0.3) is 5.24 Å². The smallest absolute Gasteiger partial charge is 0.330 e. The van der Waals surface area contributed by atoms with Crippen LogP contribution in [0.25, 0.3) is 0 Å². The van der Waals surface area contributed by atoms with E-state index < -0.39 is 23.9 Å². The minimum Gasteiger partial charge on any atom is -0.459 e. The number of rotatable bonds is 10. The quantitative estimate of drug-likeness (QED) is 0.247. The van der Waals surface area contributed by atoms with Gasteiger partial charge < -0.3 is 19.9 Å². The van der Waals surface area contributed by atoms with Crippen molar-refractivity contribution in [1.29, 1.82) is 0 Å². The molecule has 2 aliphatic rings. The monoisotopic (exact) mass is 409 g/mol. The second-order valence-electron chi connectivity index (χ2n) is 7.42. The molecule has 2 saturated heterocycles. The molecule has 7 heteroatoms. The lowest BCUT2D eigenvalue weighted by molar-refractivity contribution is -0.283. The van der Waals surface area contributed by atoms with E-state index in [4.69, 9.17) is 9.47 Å². The van der Waals surface area contributed by atoms with Crippen molar-refractivity contribution in [3.05, 3.63) is 37.0 Å². The summed E-state index contributed by atoms with van der Waals surface area (Å²) in [5.74, 6) is -1.52. The van der Waals surface area contributed by atoms with Gasteiger partial charge in [-0.1, -0.05) is 29.5 Å². The summed E-state index contributed by atoms with van der Waals surface area (Å²) in [6, 6.07) is -0.515. The summed E-state index contributed by atoms with van der Waals surface area (Å²) >= 11 is 1.12. The number of hydrogen-bond donors (Lipinski definition) is 2. The molecule has 3 unspecified atom stereocenters. The van der Waals surface area contributed by atoms with Gasteiger partial charge in [0, 0.05) is 24.7 Å². The van der Waals surface area contributed by atoms with Crippen molar-refractivity contribution in [2.45, 2.75) is 75.9 Å². The largest absolute Gasteiger partial charge is 0.459 e. The van der Waals surface area contributed by atoms with Crippen molar-refractivity contribution >= 4 is 23.0 Å². The molecule has 6 nitrogen and oxygen atoms in total. The molecule has 0 saturated carbocycles. The Morgan fingerprint density at radius 1 is 1.43 bits per heavy atom. The third-order valence-corrected chi connectivity index (χ3v) is 5.84. The number of aliphatic hydroxyl groups is 1. The molecule has 4 atom stereocenters. The molecule has 2 rings (SSSR count). The third-order valence-electron chi connectivity index (χ3n) is 4.96. The number of esters is 1. The molecule has 0 aromatic heterocycles. The maximum absolute atomic E-state index is 12.3. The zero-order valence-corrected chi connectivity index (χ0v) is 17.3. The molecule has 2 aliphatic heterocycles. The highest BCUT2D eigenvalue weighted by atomic mass is 32.2. The average Bonchev–Trinajstić information content (AvgIpc) is 3.07. The van der Waals surface area contributed by atoms with E-state index in [9.17, 15) is 14.7 Å². The van der Waals surface area contributed by atoms with Crippen LogP contribution in [-0.2, 0) is 14.3 Å². The second kappa shape index (κ2) is 10.8. The lowest BCUT2D eigenvalue weighted by atomic mass is 9.91. The fraction of sp³-hybridized carbons (Fsp3) is 0.619. The molecule has 0 radical (unpaired) electrons. The maximum Gasteiger partial charge on any atom is 0.330 e. The molecular formula is C21H31NO5S. The molecule has 2 N–H and O–H groups in total. The Morgan fingerprint density at radius 2 is 2.18 bits per heavy atom. The van der Waals surface area contributed by atoms with E-state index in [2.05, 4.69) is 18.5 Å². The highest BCUT2D eigenvalue weighted by Gasteiger charge is 2.49. The molecule has 0 aliphatic carbocycles. The Labute approximate surface area is 171 Å². The summed E-state index contributed by atoms with van der Waals surface area (Å²) in [4.78, 5) is 23.9. The van der Waals surface area contributed by atoms with Gasteiger partial charge in [0.15, 0.2) is 5.79 Å². The van der Waals surface area contributed by atoms with Gasteiger partial charge in [-0.25, -0.2) is 4.79 Å². The fourth-order valence-electron chi connectivity index (χ4n) is 3.50. The maximum atomic E-state index is 12.3. The van der Waals surface area contributed by atoms with Crippen LogP contribution in [0.2, 0.25) is 0 Å². The first-order chi connectivity index (χ1) is 13.4. The van der Waals surface area contributed by atoms with Gasteiger partial charge in [0.1, 0.15) is 6.10 Å². The van der Waals surface area contributed by atoms with Crippen LogP contribution in [0.4, 0.5) is 4.79 Å². The predicted octanol–water partition coefficient (Wildman–Crippen LogP) is 3.86. The summed E-state index contributed by atoms with van der Waals surface area (Å²) in [5.41, 5.74) is 0.925. The van der Waals surface area contributed by atoms with E-state index in [1.54, 1.807) is 0 Å². The van der Waals surface area contributed by atoms with Crippen molar-refractivity contribution in [2.75, 3.05) is 5.75 Å². The number of carbonyl (C=O) groups excluding carboxylic acids is 2. The Kier molecular flexibility index (Phi) is 8.79. The first kappa shape index (κ1) is 22.7. The summed E-state index contributed by atoms with van der Waals surface area (Å²) in [6.45, 7) is 9.29. The number of unbranched alkanes of at least 4 members (excludes halogenated alkanes) is 1. The molecule has 2 fully saturated rings. The van der Waals surface area contributed by atoms with E-state index in [0.717, 1.165) is 49.4 Å². The first-order valence-corrected chi connectivity index (χ1v) is 10.8. The number of hydrogen-bond acceptors (Lipinski definition) is 6. The molecule has 156 valence electrons. The Bertz CT molecular complexity index is 620. The Hall–Kier alpha value is -1.57. The lowest BCUT2D eigenvalue weighted by Gasteiger charge is -2.43. The summed E-state index contributed by atoms with van der Waals surface area (Å²) in [6.07, 6.45) is 9.11. The summed E-state index contributed by atoms with van der Waals surface area (Å²) < 4.78 is 11.6. The lowest BCUT2D eigenvalue weighted by Crippen LogP contribution is -2.58. The van der Waals surface area contributed by atoms with E-state index in [1.807, 2.05) is 19.1 Å². The minimum atomic E-state index is -1.54. The third kappa shape index (κ3) is 6.79. The van der Waals surface area contributed by atoms with Crippen molar-refractivity contribution in [3.8, 4) is 0 Å². The van der Waals surface area contributed by atoms with Crippen LogP contribution in [-0.4, -0.2) is 46.1 Å². The number of nitrogens with one attached hydrogen (secondary N) is 1. The van der Waals surface area contributed by atoms with Crippen LogP contribution < -0.4 is 5.32 Å². The van der Waals surface area contributed by atoms with Crippen molar-refractivity contribution in [3.63, 3.8) is 0 Å². The standard InChI is InChI=1S/C21H31NO5S/c1-4-6-8-10-16-12-17(26-19(23)11-15(3)9-7-5-2)13-21(25,27-16)18-14-28-20(24)22-18/h4-5,11,16-18,25H,1-2,6-10,12-14H2,3H3,(H,22,24)/b15-11-/t16-,17?,18?,21?/m1/s1. The molecule has 0 bridgehead atoms. The number of carbonyl (C=O) groups is 2. The van der Waals surface area contributed by atoms with Crippen LogP contribution in [0.3, 0.4) is 0 Å². The molecule has 0 aromatic carbocycles. The highest BCUT2D eigenvalue weighted by Crippen LogP contribution is 2.36. The number of ether oxygens (including phenoxy) is 2. The van der Waals surface area contributed by atoms with Crippen LogP contribution in [0.15, 0.2) is 37.0 Å². The summed E-state index contributed by atoms with van der Waals surface area (Å²) in [7, 11) is 0. The minimum absolute atomic E-state index is 0.141. The molecule has 0 spiro atoms. The molecule has 2 heterocycles. The van der Waals surface area contributed by atoms with Gasteiger partial charge in [0.2, 0.25) is 0 Å². The molecular weight excluding hydrogens is 378 g/mol. The fourth-order valence-corrected chi connectivity index (χ4v) is 4.38. The van der Waals surface area contributed by atoms with Crippen LogP contribution >= 0.6 is 11.8 Å². The molecule has 28 heavy (non-hydrogen) atoms. The topological polar surface area (TPSA) is 84.9 Å². The summed E-state index contributed by atoms with van der Waals surface area (Å²) in [5, 5.41) is 13.7. The van der Waals surface area contributed by atoms with Crippen molar-refractivity contribution in [1.82, 2.24) is 5.32 Å². The van der Waals surface area contributed by atoms with Gasteiger partial charge in [-0.3, -0.25) is 4.79 Å². The second-order valence-corrected chi connectivity index (χ2v) is 8.41. The molecule has 1 amide bonds. The predicted molar refractivity (Wildman–Crippen MR) is 111 cm³/mol. The zero-order valence-electron chi connectivity index (χ0n) is 16.5. The van der Waals surface area contributed by atoms with Gasteiger partial charge in [0.05, 0.1) is 12.1 Å². The van der Waals surface area contributed by atoms with E-state index in [0.29, 0.717) is 12.2 Å². The SMILES string of the molecule is C=CCCC[C@@H]1CC(OC(=O)/C=C(/C)CCC=C)CC(O)(C2CSC(=O)N2)O1. The Morgan fingerprint density at radius 3 is 2.82 bits per heavy atom. The van der Waals surface area contributed by atoms with Crippen LogP contribution in [0, 0.1) is 0 Å². The van der Waals surface area contributed by atoms with E-state index in [1.165, 1.54) is 6.08 Å². The van der Waals surface area contributed by atoms with Gasteiger partial charge in [-0.05, 0) is 39.0 Å². The van der Waals surface area contributed by atoms with Gasteiger partial charge >= 0.3 is 5.97 Å². The van der Waals surface area contributed by atoms with Crippen LogP contribution in [0.5, 0.6) is 0 Å². The van der Waals surface area contributed by atoms with Crippen molar-refractivity contribution < 1.29 is 24.2 Å². The van der Waals surface area contributed by atoms with Crippen LogP contribution in [0.1, 0.15) is 51.9 Å². The number of allylic oxidation sites excluding steroid dienone is 3.